The first kappa shape index (κ1) is 26.6. The Kier molecular flexibility index (Phi) is 8.45. The largest absolute Gasteiger partial charge is 0.362 e. The van der Waals surface area contributed by atoms with Crippen LogP contribution in [0.3, 0.4) is 0 Å². The van der Waals surface area contributed by atoms with E-state index in [2.05, 4.69) is 44.0 Å². The van der Waals surface area contributed by atoms with E-state index in [4.69, 9.17) is 15.1 Å². The van der Waals surface area contributed by atoms with Crippen molar-refractivity contribution in [1.82, 2.24) is 30.2 Å². The topological polar surface area (TPSA) is 135 Å². The van der Waals surface area contributed by atoms with Crippen molar-refractivity contribution in [3.63, 3.8) is 0 Å². The minimum Gasteiger partial charge on any atom is -0.362 e. The van der Waals surface area contributed by atoms with Crippen molar-refractivity contribution in [2.24, 2.45) is 10.1 Å². The fourth-order valence-electron chi connectivity index (χ4n) is 3.95. The highest BCUT2D eigenvalue weighted by Gasteiger charge is 2.31. The standard InChI is InChI=1S/C26H33N9OS/c1-6-15(2)35(5)26-23(33-21(13-36)29-11-19-9-10-20(37-27)12-28-19)17(4)32-25(34-26)22-16(3)30-14-31-24(22)18-7-8-18/h9-10,12-15,18H,6-8,11,27H2,1-5H3,(H,29,33)/t15-/m0/s1. The summed E-state index contributed by atoms with van der Waals surface area (Å²) in [6.45, 7) is 8.45. The summed E-state index contributed by atoms with van der Waals surface area (Å²) in [7, 11) is 1.99. The van der Waals surface area contributed by atoms with Crippen LogP contribution in [0.1, 0.15) is 61.8 Å². The maximum absolute atomic E-state index is 12.0. The summed E-state index contributed by atoms with van der Waals surface area (Å²) in [4.78, 5) is 42.8. The van der Waals surface area contributed by atoms with Gasteiger partial charge in [0.1, 0.15) is 12.0 Å². The maximum Gasteiger partial charge on any atom is 0.185 e. The van der Waals surface area contributed by atoms with Crippen LogP contribution in [0.2, 0.25) is 0 Å². The Morgan fingerprint density at radius 1 is 1.24 bits per heavy atom. The van der Waals surface area contributed by atoms with Crippen molar-refractivity contribution >= 4 is 35.6 Å². The van der Waals surface area contributed by atoms with Crippen LogP contribution in [0.5, 0.6) is 0 Å². The van der Waals surface area contributed by atoms with E-state index in [0.717, 1.165) is 58.8 Å². The van der Waals surface area contributed by atoms with Crippen molar-refractivity contribution in [2.45, 2.75) is 70.4 Å². The lowest BCUT2D eigenvalue weighted by Crippen LogP contribution is -2.30. The number of pyridine rings is 1. The van der Waals surface area contributed by atoms with Crippen molar-refractivity contribution < 1.29 is 4.79 Å². The molecule has 0 radical (unpaired) electrons. The van der Waals surface area contributed by atoms with Crippen LogP contribution in [0.4, 0.5) is 11.5 Å². The van der Waals surface area contributed by atoms with Gasteiger partial charge < -0.3 is 10.2 Å². The molecule has 3 aromatic heterocycles. The quantitative estimate of drug-likeness (QED) is 0.175. The van der Waals surface area contributed by atoms with Gasteiger partial charge in [-0.15, -0.1) is 0 Å². The molecule has 1 saturated carbocycles. The van der Waals surface area contributed by atoms with E-state index in [-0.39, 0.29) is 11.9 Å². The van der Waals surface area contributed by atoms with Gasteiger partial charge in [-0.2, -0.15) is 0 Å². The van der Waals surface area contributed by atoms with Crippen LogP contribution in [0.25, 0.3) is 11.4 Å². The van der Waals surface area contributed by atoms with E-state index in [9.17, 15) is 4.79 Å². The molecule has 3 heterocycles. The van der Waals surface area contributed by atoms with Gasteiger partial charge in [0.05, 0.1) is 34.9 Å². The number of rotatable bonds is 10. The molecule has 1 aliphatic rings. The third-order valence-electron chi connectivity index (χ3n) is 6.61. The molecule has 0 amide bonds. The summed E-state index contributed by atoms with van der Waals surface area (Å²) >= 11 is 1.13. The monoisotopic (exact) mass is 519 g/mol. The number of amidine groups is 1. The Balaban J connectivity index is 1.74. The number of hydrogen-bond donors (Lipinski definition) is 2. The third kappa shape index (κ3) is 6.11. The van der Waals surface area contributed by atoms with Crippen LogP contribution in [-0.2, 0) is 11.3 Å². The Bertz CT molecular complexity index is 1290. The molecule has 11 heteroatoms. The molecule has 194 valence electrons. The van der Waals surface area contributed by atoms with Crippen molar-refractivity contribution in [1.29, 1.82) is 0 Å². The van der Waals surface area contributed by atoms with Crippen LogP contribution in [0.15, 0.2) is 34.5 Å². The third-order valence-corrected chi connectivity index (χ3v) is 7.12. The number of carbonyl (C=O) groups is 1. The van der Waals surface area contributed by atoms with Crippen LogP contribution < -0.4 is 15.4 Å². The normalized spacial score (nSPS) is 14.4. The summed E-state index contributed by atoms with van der Waals surface area (Å²) in [6.07, 6.45) is 7.15. The molecule has 0 aliphatic heterocycles. The zero-order valence-corrected chi connectivity index (χ0v) is 22.7. The van der Waals surface area contributed by atoms with Crippen LogP contribution in [0, 0.1) is 13.8 Å². The fraction of sp³-hybridized carbons (Fsp3) is 0.423. The number of nitrogens with zero attached hydrogens (tertiary/aromatic N) is 7. The zero-order valence-electron chi connectivity index (χ0n) is 21.9. The predicted octanol–water partition coefficient (Wildman–Crippen LogP) is 4.04. The summed E-state index contributed by atoms with van der Waals surface area (Å²) in [6, 6.07) is 3.94. The minimum absolute atomic E-state index is 0.176. The molecule has 0 aromatic carbocycles. The first-order valence-corrected chi connectivity index (χ1v) is 13.3. The summed E-state index contributed by atoms with van der Waals surface area (Å²) < 4.78 is 0. The van der Waals surface area contributed by atoms with Crippen LogP contribution in [-0.4, -0.2) is 50.1 Å². The van der Waals surface area contributed by atoms with E-state index in [0.29, 0.717) is 41.8 Å². The number of aliphatic imine (C=N–C) groups is 1. The van der Waals surface area contributed by atoms with Gasteiger partial charge in [-0.1, -0.05) is 6.92 Å². The van der Waals surface area contributed by atoms with E-state index >= 15 is 0 Å². The highest BCUT2D eigenvalue weighted by molar-refractivity contribution is 7.97. The van der Waals surface area contributed by atoms with E-state index in [1.165, 1.54) is 0 Å². The van der Waals surface area contributed by atoms with E-state index < -0.39 is 0 Å². The highest BCUT2D eigenvalue weighted by Crippen LogP contribution is 2.44. The zero-order chi connectivity index (χ0) is 26.5. The molecule has 3 N–H and O–H groups in total. The number of aldehydes is 1. The molecule has 1 fully saturated rings. The number of carbonyl (C=O) groups excluding carboxylic acids is 1. The molecule has 10 nitrogen and oxygen atoms in total. The number of aryl methyl sites for hydroxylation is 2. The van der Waals surface area contributed by atoms with Gasteiger partial charge in [-0.25, -0.2) is 24.9 Å². The van der Waals surface area contributed by atoms with Gasteiger partial charge in [0.15, 0.2) is 23.8 Å². The Morgan fingerprint density at radius 2 is 2.03 bits per heavy atom. The molecule has 1 aliphatic carbocycles. The second-order valence-electron chi connectivity index (χ2n) is 9.24. The molecule has 0 unspecified atom stereocenters. The fourth-order valence-corrected chi connectivity index (χ4v) is 4.21. The second-order valence-corrected chi connectivity index (χ2v) is 9.95. The molecular weight excluding hydrogens is 486 g/mol. The number of aromatic nitrogens is 5. The average Bonchev–Trinajstić information content (AvgIpc) is 3.76. The number of nitrogens with two attached hydrogens (primary N) is 1. The van der Waals surface area contributed by atoms with Gasteiger partial charge in [0, 0.05) is 30.1 Å². The molecule has 4 rings (SSSR count). The lowest BCUT2D eigenvalue weighted by Gasteiger charge is -2.27. The van der Waals surface area contributed by atoms with Gasteiger partial charge >= 0.3 is 0 Å². The molecule has 3 aromatic rings. The predicted molar refractivity (Wildman–Crippen MR) is 147 cm³/mol. The van der Waals surface area contributed by atoms with Gasteiger partial charge in [0.25, 0.3) is 0 Å². The molecule has 0 bridgehead atoms. The lowest BCUT2D eigenvalue weighted by atomic mass is 10.1. The van der Waals surface area contributed by atoms with E-state index in [1.54, 1.807) is 12.5 Å². The molecule has 0 spiro atoms. The molecule has 1 atom stereocenters. The first-order valence-electron chi connectivity index (χ1n) is 12.4. The second kappa shape index (κ2) is 11.7. The summed E-state index contributed by atoms with van der Waals surface area (Å²) in [5.74, 6) is 1.84. The summed E-state index contributed by atoms with van der Waals surface area (Å²) in [5, 5.41) is 8.65. The minimum atomic E-state index is 0.176. The van der Waals surface area contributed by atoms with Gasteiger partial charge in [-0.05, 0) is 64.1 Å². The maximum atomic E-state index is 12.0. The Labute approximate surface area is 221 Å². The van der Waals surface area contributed by atoms with Crippen LogP contribution >= 0.6 is 11.9 Å². The number of anilines is 1. The smallest absolute Gasteiger partial charge is 0.185 e. The number of nitrogens with one attached hydrogen (secondary N) is 1. The molecule has 37 heavy (non-hydrogen) atoms. The van der Waals surface area contributed by atoms with Crippen molar-refractivity contribution in [3.05, 3.63) is 47.4 Å². The average molecular weight is 520 g/mol. The molecule has 0 saturated heterocycles. The first-order chi connectivity index (χ1) is 17.9. The summed E-state index contributed by atoms with van der Waals surface area (Å²) in [5.41, 5.74) is 4.73. The van der Waals surface area contributed by atoms with E-state index in [1.807, 2.05) is 33.0 Å². The lowest BCUT2D eigenvalue weighted by molar-refractivity contribution is -0.102. The van der Waals surface area contributed by atoms with Crippen molar-refractivity contribution in [2.75, 3.05) is 11.9 Å². The Morgan fingerprint density at radius 3 is 2.65 bits per heavy atom. The SMILES string of the molecule is CC[C@H](C)N(C)c1nc(-c2c(C)ncnc2C2CC2)nc(C)c1/N=C(\C=O)NCc1ccc(SN)cn1. The number of hydrogen-bond acceptors (Lipinski definition) is 10. The van der Waals surface area contributed by atoms with Gasteiger partial charge in [0.2, 0.25) is 0 Å². The van der Waals surface area contributed by atoms with Gasteiger partial charge in [-0.3, -0.25) is 14.9 Å². The highest BCUT2D eigenvalue weighted by atomic mass is 32.2. The Hall–Kier alpha value is -3.44. The van der Waals surface area contributed by atoms with Crippen molar-refractivity contribution in [3.8, 4) is 11.4 Å². The molecular formula is C26H33N9OS.